The number of rotatable bonds is 8. The van der Waals surface area contributed by atoms with Gasteiger partial charge in [0.25, 0.3) is 0 Å². The highest BCUT2D eigenvalue weighted by Crippen LogP contribution is 2.36. The van der Waals surface area contributed by atoms with Gasteiger partial charge in [-0.3, -0.25) is 9.36 Å². The quantitative estimate of drug-likeness (QED) is 0.508. The molecule has 1 aromatic carbocycles. The highest BCUT2D eigenvalue weighted by Gasteiger charge is 2.25. The van der Waals surface area contributed by atoms with Crippen LogP contribution in [-0.4, -0.2) is 33.5 Å². The molecule has 3 aromatic rings. The number of amides is 1. The maximum absolute atomic E-state index is 12.5. The molecule has 0 radical (unpaired) electrons. The van der Waals surface area contributed by atoms with Gasteiger partial charge in [0, 0.05) is 12.6 Å². The topological polar surface area (TPSA) is 82.2 Å². The molecule has 2 aromatic heterocycles. The largest absolute Gasteiger partial charge is 0.497 e. The predicted octanol–water partition coefficient (Wildman–Crippen LogP) is 4.77. The third kappa shape index (κ3) is 5.12. The van der Waals surface area contributed by atoms with Crippen LogP contribution in [0.2, 0.25) is 0 Å². The highest BCUT2D eigenvalue weighted by atomic mass is 32.2. The fourth-order valence-corrected chi connectivity index (χ4v) is 4.81. The molecule has 4 rings (SSSR count). The summed E-state index contributed by atoms with van der Waals surface area (Å²) in [6.45, 7) is 2.42. The van der Waals surface area contributed by atoms with Crippen molar-refractivity contribution in [2.45, 2.75) is 56.8 Å². The number of hydrogen-bond donors (Lipinski definition) is 1. The zero-order valence-electron chi connectivity index (χ0n) is 18.0. The smallest absolute Gasteiger partial charge is 0.230 e. The summed E-state index contributed by atoms with van der Waals surface area (Å²) >= 11 is 1.44. The lowest BCUT2D eigenvalue weighted by Crippen LogP contribution is -2.25. The minimum atomic E-state index is -0.0277. The molecule has 0 bridgehead atoms. The summed E-state index contributed by atoms with van der Waals surface area (Å²) in [7, 11) is 1.64. The van der Waals surface area contributed by atoms with E-state index in [4.69, 9.17) is 9.15 Å². The molecule has 1 saturated carbocycles. The van der Waals surface area contributed by atoms with Gasteiger partial charge in [0.1, 0.15) is 11.5 Å². The monoisotopic (exact) mass is 440 g/mol. The van der Waals surface area contributed by atoms with E-state index in [9.17, 15) is 4.79 Å². The van der Waals surface area contributed by atoms with Crippen molar-refractivity contribution < 1.29 is 13.9 Å². The van der Waals surface area contributed by atoms with Crippen LogP contribution in [0, 0.1) is 6.92 Å². The summed E-state index contributed by atoms with van der Waals surface area (Å²) in [4.78, 5) is 12.5. The summed E-state index contributed by atoms with van der Waals surface area (Å²) in [5.74, 6) is 2.74. The molecule has 31 heavy (non-hydrogen) atoms. The number of methoxy groups -OCH3 is 1. The Labute approximate surface area is 186 Å². The lowest BCUT2D eigenvalue weighted by Gasteiger charge is -2.25. The van der Waals surface area contributed by atoms with Crippen molar-refractivity contribution in [1.29, 1.82) is 0 Å². The Hall–Kier alpha value is -2.74. The molecule has 0 atom stereocenters. The van der Waals surface area contributed by atoms with Crippen LogP contribution in [0.3, 0.4) is 0 Å². The molecule has 2 heterocycles. The molecule has 0 spiro atoms. The molecule has 1 amide bonds. The van der Waals surface area contributed by atoms with Crippen molar-refractivity contribution in [3.63, 3.8) is 0 Å². The Morgan fingerprint density at radius 1 is 1.19 bits per heavy atom. The van der Waals surface area contributed by atoms with Gasteiger partial charge in [0.15, 0.2) is 11.0 Å². The number of hydrogen-bond acceptors (Lipinski definition) is 6. The Balaban J connectivity index is 1.43. The first kappa shape index (κ1) is 21.5. The minimum absolute atomic E-state index is 0.0277. The number of furan rings is 1. The van der Waals surface area contributed by atoms with Crippen LogP contribution >= 0.6 is 11.8 Å². The Morgan fingerprint density at radius 2 is 1.97 bits per heavy atom. The molecule has 0 unspecified atom stereocenters. The first-order chi connectivity index (χ1) is 15.2. The molecule has 1 aliphatic carbocycles. The zero-order chi connectivity index (χ0) is 21.6. The molecule has 1 fully saturated rings. The first-order valence-electron chi connectivity index (χ1n) is 10.7. The van der Waals surface area contributed by atoms with E-state index in [0.717, 1.165) is 46.5 Å². The van der Waals surface area contributed by atoms with Crippen molar-refractivity contribution in [1.82, 2.24) is 20.1 Å². The molecule has 0 saturated heterocycles. The van der Waals surface area contributed by atoms with Crippen molar-refractivity contribution in [3.8, 4) is 17.1 Å². The van der Waals surface area contributed by atoms with E-state index < -0.39 is 0 Å². The normalized spacial score (nSPS) is 14.5. The van der Waals surface area contributed by atoms with Gasteiger partial charge in [-0.2, -0.15) is 0 Å². The summed E-state index contributed by atoms with van der Waals surface area (Å²) in [6.07, 6.45) is 7.59. The molecule has 164 valence electrons. The van der Waals surface area contributed by atoms with Gasteiger partial charge >= 0.3 is 0 Å². The Morgan fingerprint density at radius 3 is 2.65 bits per heavy atom. The average Bonchev–Trinajstić information content (AvgIpc) is 3.42. The van der Waals surface area contributed by atoms with Gasteiger partial charge in [-0.15, -0.1) is 10.2 Å². The predicted molar refractivity (Wildman–Crippen MR) is 120 cm³/mol. The van der Waals surface area contributed by atoms with Crippen LogP contribution in [0.1, 0.15) is 49.5 Å². The van der Waals surface area contributed by atoms with Crippen LogP contribution < -0.4 is 10.1 Å². The van der Waals surface area contributed by atoms with Crippen LogP contribution in [0.15, 0.2) is 46.2 Å². The van der Waals surface area contributed by atoms with Crippen molar-refractivity contribution in [2.24, 2.45) is 0 Å². The number of nitrogens with zero attached hydrogens (tertiary/aromatic N) is 3. The summed E-state index contributed by atoms with van der Waals surface area (Å²) < 4.78 is 12.9. The number of ether oxygens (including phenoxy) is 1. The lowest BCUT2D eigenvalue weighted by atomic mass is 9.95. The van der Waals surface area contributed by atoms with Crippen LogP contribution in [0.25, 0.3) is 11.4 Å². The fourth-order valence-electron chi connectivity index (χ4n) is 3.97. The molecule has 1 aliphatic rings. The van der Waals surface area contributed by atoms with E-state index in [1.54, 1.807) is 13.4 Å². The van der Waals surface area contributed by atoms with Crippen LogP contribution in [-0.2, 0) is 11.3 Å². The first-order valence-corrected chi connectivity index (χ1v) is 11.7. The molecular formula is C23H28N4O3S. The molecule has 1 N–H and O–H groups in total. The number of carbonyl (C=O) groups is 1. The summed E-state index contributed by atoms with van der Waals surface area (Å²) in [5, 5.41) is 12.7. The Bertz CT molecular complexity index is 1010. The third-order valence-electron chi connectivity index (χ3n) is 5.69. The van der Waals surface area contributed by atoms with Crippen LogP contribution in [0.5, 0.6) is 5.75 Å². The van der Waals surface area contributed by atoms with E-state index in [1.165, 1.54) is 31.0 Å². The summed E-state index contributed by atoms with van der Waals surface area (Å²) in [5.41, 5.74) is 2.00. The van der Waals surface area contributed by atoms with Crippen molar-refractivity contribution >= 4 is 17.7 Å². The number of benzene rings is 1. The van der Waals surface area contributed by atoms with Crippen molar-refractivity contribution in [2.75, 3.05) is 12.9 Å². The van der Waals surface area contributed by atoms with E-state index in [-0.39, 0.29) is 5.91 Å². The van der Waals surface area contributed by atoms with Gasteiger partial charge in [0.2, 0.25) is 5.91 Å². The zero-order valence-corrected chi connectivity index (χ0v) is 18.8. The van der Waals surface area contributed by atoms with Gasteiger partial charge in [-0.1, -0.05) is 43.2 Å². The molecule has 0 aliphatic heterocycles. The van der Waals surface area contributed by atoms with E-state index in [2.05, 4.69) is 20.1 Å². The second-order valence-corrected chi connectivity index (χ2v) is 8.71. The second kappa shape index (κ2) is 10.0. The average molecular weight is 441 g/mol. The van der Waals surface area contributed by atoms with E-state index >= 15 is 0 Å². The van der Waals surface area contributed by atoms with E-state index in [1.807, 2.05) is 37.3 Å². The van der Waals surface area contributed by atoms with Gasteiger partial charge in [0.05, 0.1) is 24.7 Å². The van der Waals surface area contributed by atoms with Gasteiger partial charge < -0.3 is 14.5 Å². The number of thioether (sulfide) groups is 1. The SMILES string of the molecule is COc1ccc(CNC(=O)CSc2nnc(-c3ccoc3C)n2C2CCCCC2)cc1. The third-order valence-corrected chi connectivity index (χ3v) is 6.63. The summed E-state index contributed by atoms with van der Waals surface area (Å²) in [6, 6.07) is 9.98. The van der Waals surface area contributed by atoms with Crippen LogP contribution in [0.4, 0.5) is 0 Å². The molecule has 7 nitrogen and oxygen atoms in total. The fraction of sp³-hybridized carbons (Fsp3) is 0.435. The maximum Gasteiger partial charge on any atom is 0.230 e. The maximum atomic E-state index is 12.5. The minimum Gasteiger partial charge on any atom is -0.497 e. The standard InChI is InChI=1S/C23H28N4O3S/c1-16-20(12-13-30-16)22-25-26-23(27(22)18-6-4-3-5-7-18)31-15-21(28)24-14-17-8-10-19(29-2)11-9-17/h8-13,18H,3-7,14-15H2,1-2H3,(H,24,28). The molecule has 8 heteroatoms. The number of aromatic nitrogens is 3. The molecular weight excluding hydrogens is 412 g/mol. The number of carbonyl (C=O) groups excluding carboxylic acids is 1. The highest BCUT2D eigenvalue weighted by molar-refractivity contribution is 7.99. The van der Waals surface area contributed by atoms with Gasteiger partial charge in [-0.05, 0) is 43.5 Å². The van der Waals surface area contributed by atoms with Crippen molar-refractivity contribution in [3.05, 3.63) is 47.9 Å². The second-order valence-electron chi connectivity index (χ2n) is 7.77. The Kier molecular flexibility index (Phi) is 6.96. The van der Waals surface area contributed by atoms with E-state index in [0.29, 0.717) is 18.3 Å². The van der Waals surface area contributed by atoms with Gasteiger partial charge in [-0.25, -0.2) is 0 Å². The number of nitrogens with one attached hydrogen (secondary N) is 1. The number of aryl methyl sites for hydroxylation is 1. The lowest BCUT2D eigenvalue weighted by molar-refractivity contribution is -0.118.